The molecule has 6 nitrogen and oxygen atoms in total. The molecule has 0 saturated heterocycles. The molecule has 0 atom stereocenters. The van der Waals surface area contributed by atoms with E-state index in [9.17, 15) is 5.26 Å². The third kappa shape index (κ3) is 6.19. The zero-order valence-corrected chi connectivity index (χ0v) is 31.4. The molecule has 4 aromatic carbocycles. The number of rotatable bonds is 10. The largest absolute Gasteiger partial charge is 0.496 e. The van der Waals surface area contributed by atoms with Crippen LogP contribution in [0.4, 0.5) is 5.69 Å². The van der Waals surface area contributed by atoms with Gasteiger partial charge in [-0.2, -0.15) is 5.26 Å². The Morgan fingerprint density at radius 2 is 1.00 bits per heavy atom. The number of ether oxygens (including phenoxy) is 4. The molecule has 0 N–H and O–H groups in total. The first kappa shape index (κ1) is 34.1. The Morgan fingerprint density at radius 3 is 1.39 bits per heavy atom. The minimum absolute atomic E-state index is 0.0389. The highest BCUT2D eigenvalue weighted by molar-refractivity contribution is 7.41. The second-order valence-electron chi connectivity index (χ2n) is 12.4. The van der Waals surface area contributed by atoms with E-state index in [0.717, 1.165) is 84.9 Å². The Labute approximate surface area is 309 Å². The summed E-state index contributed by atoms with van der Waals surface area (Å²) in [4.78, 5) is 5.72. The third-order valence-corrected chi connectivity index (χ3v) is 12.4. The number of benzene rings is 4. The molecule has 0 radical (unpaired) electrons. The predicted octanol–water partition coefficient (Wildman–Crippen LogP) is 12.9. The molecule has 254 valence electrons. The van der Waals surface area contributed by atoms with E-state index in [-0.39, 0.29) is 12.2 Å². The summed E-state index contributed by atoms with van der Waals surface area (Å²) >= 11 is 5.21. The van der Waals surface area contributed by atoms with Crippen LogP contribution in [0.2, 0.25) is 0 Å². The van der Waals surface area contributed by atoms with Crippen molar-refractivity contribution in [2.24, 2.45) is 0 Å². The molecule has 3 heterocycles. The van der Waals surface area contributed by atoms with E-state index in [1.165, 1.54) is 0 Å². The van der Waals surface area contributed by atoms with Crippen molar-refractivity contribution in [1.82, 2.24) is 0 Å². The molecule has 7 rings (SSSR count). The molecule has 0 unspecified atom stereocenters. The fraction of sp³-hybridized carbons (Fsp3) is 0.190. The van der Waals surface area contributed by atoms with Crippen LogP contribution in [0.3, 0.4) is 0 Å². The molecule has 0 aliphatic heterocycles. The van der Waals surface area contributed by atoms with Crippen LogP contribution in [0.5, 0.6) is 23.0 Å². The molecule has 3 aromatic heterocycles. The van der Waals surface area contributed by atoms with Gasteiger partial charge < -0.3 is 18.9 Å². The predicted molar refractivity (Wildman–Crippen MR) is 212 cm³/mol. The van der Waals surface area contributed by atoms with Crippen molar-refractivity contribution in [1.29, 1.82) is 5.26 Å². The molecule has 0 amide bonds. The molecule has 0 saturated carbocycles. The van der Waals surface area contributed by atoms with Crippen LogP contribution in [0, 0.1) is 17.9 Å². The summed E-state index contributed by atoms with van der Waals surface area (Å²) < 4.78 is 29.4. The fourth-order valence-corrected chi connectivity index (χ4v) is 10.9. The maximum atomic E-state index is 9.60. The van der Waals surface area contributed by atoms with Gasteiger partial charge in [0.1, 0.15) is 23.0 Å². The Hall–Kier alpha value is -5.32. The monoisotopic (exact) mass is 726 g/mol. The molecular formula is C42H34N2O4S3. The Kier molecular flexibility index (Phi) is 9.46. The zero-order valence-electron chi connectivity index (χ0n) is 29.0. The molecule has 0 aliphatic rings. The summed E-state index contributed by atoms with van der Waals surface area (Å²) in [6, 6.07) is 29.7. The average Bonchev–Trinajstić information content (AvgIpc) is 3.79. The summed E-state index contributed by atoms with van der Waals surface area (Å²) in [5, 5.41) is 9.60. The first-order valence-electron chi connectivity index (χ1n) is 16.4. The number of nitrogens with zero attached hydrogens (tertiary/aromatic N) is 2. The van der Waals surface area contributed by atoms with Gasteiger partial charge in [-0.1, -0.05) is 48.5 Å². The molecular weight excluding hydrogens is 693 g/mol. The van der Waals surface area contributed by atoms with Crippen molar-refractivity contribution in [3.8, 4) is 72.2 Å². The SMILES string of the molecule is [C-]#[N+]c1ccc(-c2c(-c3c(OC)cccc3OC(C)C)sc3c2sc2c(-c4ccc(C#N)cc4)c(-c4c(OC)cccc4OC(C)C)sc23)cc1. The highest BCUT2D eigenvalue weighted by Gasteiger charge is 2.30. The molecule has 0 spiro atoms. The molecule has 0 bridgehead atoms. The van der Waals surface area contributed by atoms with Crippen molar-refractivity contribution >= 4 is 58.5 Å². The molecule has 0 aliphatic carbocycles. The van der Waals surface area contributed by atoms with Gasteiger partial charge in [0.15, 0.2) is 5.69 Å². The maximum absolute atomic E-state index is 9.60. The smallest absolute Gasteiger partial charge is 0.187 e. The Morgan fingerprint density at radius 1 is 0.569 bits per heavy atom. The quantitative estimate of drug-likeness (QED) is 0.131. The van der Waals surface area contributed by atoms with Gasteiger partial charge in [-0.05, 0) is 75.2 Å². The zero-order chi connectivity index (χ0) is 35.8. The summed E-state index contributed by atoms with van der Waals surface area (Å²) in [5.41, 5.74) is 7.16. The number of nitriles is 1. The van der Waals surface area contributed by atoms with Crippen LogP contribution in [-0.4, -0.2) is 26.4 Å². The van der Waals surface area contributed by atoms with Gasteiger partial charge in [0.25, 0.3) is 0 Å². The van der Waals surface area contributed by atoms with Crippen LogP contribution in [-0.2, 0) is 0 Å². The molecule has 7 aromatic rings. The first-order chi connectivity index (χ1) is 24.8. The Bertz CT molecular complexity index is 2300. The van der Waals surface area contributed by atoms with E-state index in [1.54, 1.807) is 48.2 Å². The van der Waals surface area contributed by atoms with Crippen LogP contribution in [0.15, 0.2) is 84.9 Å². The van der Waals surface area contributed by atoms with Gasteiger partial charge in [-0.15, -0.1) is 34.0 Å². The lowest BCUT2D eigenvalue weighted by Gasteiger charge is -2.17. The standard InChI is InChI=1S/C42H34N2O4S3/c1-23(2)47-31-12-8-10-29(45-6)35(31)37-33(26-16-14-25(22-43)15-17-26)39-41(49-37)42-40(51-39)34(27-18-20-28(44-5)21-19-27)38(50-42)36-30(46-7)11-9-13-32(36)48-24(3)4/h8-21,23-24H,1-4,6-7H3. The second kappa shape index (κ2) is 14.1. The number of methoxy groups -OCH3 is 2. The lowest BCUT2D eigenvalue weighted by atomic mass is 10.00. The van der Waals surface area contributed by atoms with E-state index in [0.29, 0.717) is 11.3 Å². The molecule has 0 fully saturated rings. The minimum Gasteiger partial charge on any atom is -0.496 e. The minimum atomic E-state index is -0.0400. The van der Waals surface area contributed by atoms with Crippen molar-refractivity contribution in [3.05, 3.63) is 102 Å². The summed E-state index contributed by atoms with van der Waals surface area (Å²) in [6.07, 6.45) is -0.0789. The van der Waals surface area contributed by atoms with Crippen molar-refractivity contribution in [2.45, 2.75) is 39.9 Å². The third-order valence-electron chi connectivity index (χ3n) is 8.32. The van der Waals surface area contributed by atoms with E-state index in [4.69, 9.17) is 25.5 Å². The van der Waals surface area contributed by atoms with E-state index in [1.807, 2.05) is 113 Å². The van der Waals surface area contributed by atoms with E-state index in [2.05, 4.69) is 10.9 Å². The van der Waals surface area contributed by atoms with Crippen molar-refractivity contribution in [2.75, 3.05) is 14.2 Å². The highest BCUT2D eigenvalue weighted by Crippen LogP contribution is 2.60. The highest BCUT2D eigenvalue weighted by atomic mass is 32.1. The maximum Gasteiger partial charge on any atom is 0.187 e. The second-order valence-corrected chi connectivity index (χ2v) is 15.4. The Balaban J connectivity index is 1.60. The topological polar surface area (TPSA) is 65.1 Å². The van der Waals surface area contributed by atoms with Gasteiger partial charge in [0, 0.05) is 11.1 Å². The average molecular weight is 727 g/mol. The van der Waals surface area contributed by atoms with Crippen LogP contribution in [0.1, 0.15) is 33.3 Å². The number of thiophene rings is 3. The van der Waals surface area contributed by atoms with Crippen LogP contribution >= 0.6 is 34.0 Å². The normalized spacial score (nSPS) is 11.3. The van der Waals surface area contributed by atoms with Gasteiger partial charge in [0.05, 0.1) is 84.3 Å². The van der Waals surface area contributed by atoms with Crippen molar-refractivity contribution in [3.63, 3.8) is 0 Å². The first-order valence-corrected chi connectivity index (χ1v) is 18.9. The summed E-state index contributed by atoms with van der Waals surface area (Å²) in [5.74, 6) is 2.96. The van der Waals surface area contributed by atoms with Crippen molar-refractivity contribution < 1.29 is 18.9 Å². The van der Waals surface area contributed by atoms with Crippen LogP contribution < -0.4 is 18.9 Å². The van der Waals surface area contributed by atoms with Gasteiger partial charge in [-0.3, -0.25) is 0 Å². The van der Waals surface area contributed by atoms with Gasteiger partial charge in [-0.25, -0.2) is 4.85 Å². The lowest BCUT2D eigenvalue weighted by molar-refractivity contribution is 0.242. The summed E-state index contributed by atoms with van der Waals surface area (Å²) in [7, 11) is 3.38. The summed E-state index contributed by atoms with van der Waals surface area (Å²) in [6.45, 7) is 15.7. The molecule has 9 heteroatoms. The lowest BCUT2D eigenvalue weighted by Crippen LogP contribution is -2.07. The number of hydrogen-bond donors (Lipinski definition) is 0. The number of hydrogen-bond acceptors (Lipinski definition) is 8. The van der Waals surface area contributed by atoms with Crippen LogP contribution in [0.25, 0.3) is 66.8 Å². The molecule has 51 heavy (non-hydrogen) atoms. The van der Waals surface area contributed by atoms with Gasteiger partial charge in [0.2, 0.25) is 0 Å². The number of fused-ring (bicyclic) bond motifs is 3. The fourth-order valence-electron chi connectivity index (χ4n) is 6.23. The van der Waals surface area contributed by atoms with Gasteiger partial charge >= 0.3 is 0 Å². The van der Waals surface area contributed by atoms with E-state index >= 15 is 0 Å². The van der Waals surface area contributed by atoms with E-state index < -0.39 is 0 Å².